The number of hydrogen-bond acceptors (Lipinski definition) is 5. The Morgan fingerprint density at radius 3 is 2.56 bits per heavy atom. The fourth-order valence-electron chi connectivity index (χ4n) is 3.52. The molecule has 2 saturated heterocycles. The summed E-state index contributed by atoms with van der Waals surface area (Å²) in [7, 11) is 5.72. The van der Waals surface area contributed by atoms with Gasteiger partial charge in [0.05, 0.1) is 13.7 Å². The van der Waals surface area contributed by atoms with Gasteiger partial charge in [0, 0.05) is 25.0 Å². The number of cyclic esters (lactones) is 1. The van der Waals surface area contributed by atoms with Gasteiger partial charge in [-0.05, 0) is 31.8 Å². The van der Waals surface area contributed by atoms with Gasteiger partial charge in [-0.1, -0.05) is 12.1 Å². The van der Waals surface area contributed by atoms with E-state index in [4.69, 9.17) is 9.47 Å². The lowest BCUT2D eigenvalue weighted by Crippen LogP contribution is -2.41. The summed E-state index contributed by atoms with van der Waals surface area (Å²) < 4.78 is 10.1. The smallest absolute Gasteiger partial charge is 0.410 e. The van der Waals surface area contributed by atoms with Crippen LogP contribution in [0.4, 0.5) is 4.79 Å². The van der Waals surface area contributed by atoms with Crippen LogP contribution in [0.15, 0.2) is 24.3 Å². The number of amides is 2. The van der Waals surface area contributed by atoms with Crippen LogP contribution < -0.4 is 4.74 Å². The summed E-state index contributed by atoms with van der Waals surface area (Å²) in [6, 6.07) is 8.26. The van der Waals surface area contributed by atoms with Crippen molar-refractivity contribution >= 4 is 12.0 Å². The molecule has 1 aromatic carbocycles. The van der Waals surface area contributed by atoms with Gasteiger partial charge >= 0.3 is 6.09 Å². The van der Waals surface area contributed by atoms with Crippen LogP contribution in [0.3, 0.4) is 0 Å². The lowest BCUT2D eigenvalue weighted by Gasteiger charge is -2.25. The Bertz CT molecular complexity index is 632. The largest absolute Gasteiger partial charge is 0.497 e. The van der Waals surface area contributed by atoms with Crippen LogP contribution >= 0.6 is 0 Å². The second-order valence-electron chi connectivity index (χ2n) is 6.75. The number of nitrogens with zero attached hydrogens (tertiary/aromatic N) is 3. The molecule has 0 N–H and O–H groups in total. The molecule has 2 heterocycles. The van der Waals surface area contributed by atoms with Crippen LogP contribution in [0.5, 0.6) is 5.75 Å². The van der Waals surface area contributed by atoms with E-state index in [-0.39, 0.29) is 24.4 Å². The topological polar surface area (TPSA) is 62.3 Å². The van der Waals surface area contributed by atoms with E-state index in [2.05, 4.69) is 17.0 Å². The SMILES string of the molecule is COc1ccc(C2CN(C(=O)CN3CCOC3=O)CC2N(C)C)cc1. The number of carbonyl (C=O) groups excluding carboxylic acids is 2. The predicted octanol–water partition coefficient (Wildman–Crippen LogP) is 1.00. The standard InChI is InChI=1S/C18H25N3O4/c1-19(2)16-11-21(17(22)12-20-8-9-25-18(20)23)10-15(16)13-4-6-14(24-3)7-5-13/h4-7,15-16H,8-12H2,1-3H3. The Labute approximate surface area is 148 Å². The van der Waals surface area contributed by atoms with Crippen molar-refractivity contribution < 1.29 is 19.1 Å². The summed E-state index contributed by atoms with van der Waals surface area (Å²) in [5, 5.41) is 0. The van der Waals surface area contributed by atoms with Gasteiger partial charge in [-0.15, -0.1) is 0 Å². The second kappa shape index (κ2) is 7.31. The van der Waals surface area contributed by atoms with Gasteiger partial charge in [0.15, 0.2) is 0 Å². The third kappa shape index (κ3) is 3.71. The predicted molar refractivity (Wildman–Crippen MR) is 92.7 cm³/mol. The molecule has 0 spiro atoms. The number of benzene rings is 1. The molecule has 25 heavy (non-hydrogen) atoms. The van der Waals surface area contributed by atoms with Crippen LogP contribution in [-0.2, 0) is 9.53 Å². The molecule has 0 bridgehead atoms. The maximum absolute atomic E-state index is 12.6. The van der Waals surface area contributed by atoms with Gasteiger partial charge in [-0.3, -0.25) is 9.69 Å². The molecule has 0 saturated carbocycles. The second-order valence-corrected chi connectivity index (χ2v) is 6.75. The molecule has 2 amide bonds. The monoisotopic (exact) mass is 347 g/mol. The number of carbonyl (C=O) groups is 2. The van der Waals surface area contributed by atoms with E-state index in [0.717, 1.165) is 5.75 Å². The summed E-state index contributed by atoms with van der Waals surface area (Å²) in [6.07, 6.45) is -0.400. The van der Waals surface area contributed by atoms with E-state index in [9.17, 15) is 9.59 Å². The van der Waals surface area contributed by atoms with Gasteiger partial charge < -0.3 is 19.3 Å². The number of likely N-dealkylation sites (tertiary alicyclic amines) is 1. The molecule has 2 aliphatic rings. The first kappa shape index (κ1) is 17.5. The van der Waals surface area contributed by atoms with E-state index in [1.165, 1.54) is 10.5 Å². The van der Waals surface area contributed by atoms with Crippen LogP contribution in [0.25, 0.3) is 0 Å². The first-order chi connectivity index (χ1) is 12.0. The molecule has 7 nitrogen and oxygen atoms in total. The average molecular weight is 347 g/mol. The summed E-state index contributed by atoms with van der Waals surface area (Å²) in [5.74, 6) is 1.03. The molecule has 0 radical (unpaired) electrons. The number of rotatable bonds is 5. The fraction of sp³-hybridized carbons (Fsp3) is 0.556. The normalized spacial score (nSPS) is 23.3. The summed E-state index contributed by atoms with van der Waals surface area (Å²) in [6.45, 7) is 2.25. The molecule has 3 rings (SSSR count). The number of ether oxygens (including phenoxy) is 2. The maximum Gasteiger partial charge on any atom is 0.410 e. The molecular weight excluding hydrogens is 322 g/mol. The number of likely N-dealkylation sites (N-methyl/N-ethyl adjacent to an activating group) is 1. The highest BCUT2D eigenvalue weighted by molar-refractivity contribution is 5.83. The van der Waals surface area contributed by atoms with E-state index < -0.39 is 6.09 Å². The van der Waals surface area contributed by atoms with Crippen molar-refractivity contribution in [2.75, 3.05) is 54.0 Å². The van der Waals surface area contributed by atoms with Crippen LogP contribution in [0, 0.1) is 0 Å². The lowest BCUT2D eigenvalue weighted by atomic mass is 9.93. The number of methoxy groups -OCH3 is 1. The zero-order valence-corrected chi connectivity index (χ0v) is 15.0. The minimum Gasteiger partial charge on any atom is -0.497 e. The highest BCUT2D eigenvalue weighted by Crippen LogP contribution is 2.31. The highest BCUT2D eigenvalue weighted by atomic mass is 16.6. The molecule has 0 aliphatic carbocycles. The summed E-state index contributed by atoms with van der Waals surface area (Å²) >= 11 is 0. The molecular formula is C18H25N3O4. The van der Waals surface area contributed by atoms with Gasteiger partial charge in [-0.25, -0.2) is 4.79 Å². The van der Waals surface area contributed by atoms with Crippen molar-refractivity contribution in [3.8, 4) is 5.75 Å². The molecule has 136 valence electrons. The molecule has 2 fully saturated rings. The van der Waals surface area contributed by atoms with Crippen molar-refractivity contribution in [2.45, 2.75) is 12.0 Å². The van der Waals surface area contributed by atoms with E-state index in [1.54, 1.807) is 7.11 Å². The maximum atomic E-state index is 12.6. The Balaban J connectivity index is 1.71. The van der Waals surface area contributed by atoms with Crippen LogP contribution in [0.2, 0.25) is 0 Å². The number of hydrogen-bond donors (Lipinski definition) is 0. The van der Waals surface area contributed by atoms with E-state index in [0.29, 0.717) is 26.2 Å². The zero-order valence-electron chi connectivity index (χ0n) is 15.0. The Kier molecular flexibility index (Phi) is 5.13. The first-order valence-electron chi connectivity index (χ1n) is 8.49. The van der Waals surface area contributed by atoms with Crippen molar-refractivity contribution in [3.05, 3.63) is 29.8 Å². The Morgan fingerprint density at radius 2 is 2.00 bits per heavy atom. The quantitative estimate of drug-likeness (QED) is 0.795. The van der Waals surface area contributed by atoms with E-state index >= 15 is 0 Å². The summed E-state index contributed by atoms with van der Waals surface area (Å²) in [5.41, 5.74) is 1.19. The van der Waals surface area contributed by atoms with Crippen molar-refractivity contribution in [1.82, 2.24) is 14.7 Å². The lowest BCUT2D eigenvalue weighted by molar-refractivity contribution is -0.130. The minimum atomic E-state index is -0.400. The molecule has 1 aromatic rings. The van der Waals surface area contributed by atoms with Crippen molar-refractivity contribution in [2.24, 2.45) is 0 Å². The van der Waals surface area contributed by atoms with Crippen LogP contribution in [-0.4, -0.2) is 86.7 Å². The molecule has 2 unspecified atom stereocenters. The molecule has 2 atom stereocenters. The summed E-state index contributed by atoms with van der Waals surface area (Å²) in [4.78, 5) is 29.7. The van der Waals surface area contributed by atoms with Gasteiger partial charge in [-0.2, -0.15) is 0 Å². The van der Waals surface area contributed by atoms with Crippen LogP contribution in [0.1, 0.15) is 11.5 Å². The average Bonchev–Trinajstić information content (AvgIpc) is 3.22. The minimum absolute atomic E-state index is 0.0262. The van der Waals surface area contributed by atoms with Crippen molar-refractivity contribution in [1.29, 1.82) is 0 Å². The van der Waals surface area contributed by atoms with Gasteiger partial charge in [0.1, 0.15) is 18.9 Å². The fourth-order valence-corrected chi connectivity index (χ4v) is 3.52. The third-order valence-corrected chi connectivity index (χ3v) is 5.02. The van der Waals surface area contributed by atoms with Gasteiger partial charge in [0.25, 0.3) is 0 Å². The van der Waals surface area contributed by atoms with E-state index in [1.807, 2.05) is 31.1 Å². The molecule has 2 aliphatic heterocycles. The Morgan fingerprint density at radius 1 is 1.28 bits per heavy atom. The molecule has 7 heteroatoms. The van der Waals surface area contributed by atoms with Gasteiger partial charge in [0.2, 0.25) is 5.91 Å². The third-order valence-electron chi connectivity index (χ3n) is 5.02. The highest BCUT2D eigenvalue weighted by Gasteiger charge is 2.38. The molecule has 0 aromatic heterocycles. The Hall–Kier alpha value is -2.28. The zero-order chi connectivity index (χ0) is 18.0. The first-order valence-corrected chi connectivity index (χ1v) is 8.49. The van der Waals surface area contributed by atoms with Crippen molar-refractivity contribution in [3.63, 3.8) is 0 Å².